The summed E-state index contributed by atoms with van der Waals surface area (Å²) >= 11 is 5.01. The molecule has 0 unspecified atom stereocenters. The molecule has 0 fully saturated rings. The summed E-state index contributed by atoms with van der Waals surface area (Å²) in [5, 5.41) is 9.50. The van der Waals surface area contributed by atoms with E-state index in [0.29, 0.717) is 18.5 Å². The van der Waals surface area contributed by atoms with Crippen molar-refractivity contribution in [3.8, 4) is 0 Å². The smallest absolute Gasteiger partial charge is 0.171 e. The van der Waals surface area contributed by atoms with Gasteiger partial charge in [0, 0.05) is 14.7 Å². The molecule has 0 aliphatic rings. The summed E-state index contributed by atoms with van der Waals surface area (Å²) in [6.07, 6.45) is 2.31. The zero-order valence-electron chi connectivity index (χ0n) is 7.05. The van der Waals surface area contributed by atoms with E-state index in [1.165, 1.54) is 4.88 Å². The van der Waals surface area contributed by atoms with E-state index in [4.69, 9.17) is 0 Å². The van der Waals surface area contributed by atoms with Crippen LogP contribution in [0.5, 0.6) is 0 Å². The molecule has 2 rings (SSSR count). The van der Waals surface area contributed by atoms with Crippen LogP contribution in [0.25, 0.3) is 0 Å². The molecule has 2 heterocycles. The Morgan fingerprint density at radius 2 is 2.50 bits per heavy atom. The Labute approximate surface area is 92.7 Å². The van der Waals surface area contributed by atoms with E-state index in [1.807, 2.05) is 11.4 Å². The molecule has 0 aromatic carbocycles. The van der Waals surface area contributed by atoms with Crippen molar-refractivity contribution in [3.05, 3.63) is 32.7 Å². The Kier molecular flexibility index (Phi) is 2.74. The summed E-state index contributed by atoms with van der Waals surface area (Å²) in [7, 11) is 0. The molecule has 6 heteroatoms. The quantitative estimate of drug-likeness (QED) is 0.802. The maximum Gasteiger partial charge on any atom is 0.171 e. The SMILES string of the molecule is O=Cc1cn(Cc2cc(Br)cs2)nn1. The van der Waals surface area contributed by atoms with Gasteiger partial charge in [-0.25, -0.2) is 4.68 Å². The van der Waals surface area contributed by atoms with Gasteiger partial charge in [0.15, 0.2) is 6.29 Å². The van der Waals surface area contributed by atoms with Gasteiger partial charge in [-0.3, -0.25) is 4.79 Å². The second-order valence-electron chi connectivity index (χ2n) is 2.69. The Morgan fingerprint density at radius 3 is 3.07 bits per heavy atom. The molecule has 0 N–H and O–H groups in total. The number of nitrogens with zero attached hydrogens (tertiary/aromatic N) is 3. The Bertz CT molecular complexity index is 451. The van der Waals surface area contributed by atoms with Crippen molar-refractivity contribution in [2.24, 2.45) is 0 Å². The van der Waals surface area contributed by atoms with E-state index in [2.05, 4.69) is 26.2 Å². The minimum absolute atomic E-state index is 0.362. The molecule has 14 heavy (non-hydrogen) atoms. The molecule has 0 radical (unpaired) electrons. The molecule has 0 spiro atoms. The first-order chi connectivity index (χ1) is 6.78. The first-order valence-electron chi connectivity index (χ1n) is 3.86. The Hall–Kier alpha value is -1.01. The van der Waals surface area contributed by atoms with Crippen LogP contribution in [0.1, 0.15) is 15.4 Å². The fraction of sp³-hybridized carbons (Fsp3) is 0.125. The van der Waals surface area contributed by atoms with E-state index < -0.39 is 0 Å². The molecule has 2 aromatic heterocycles. The third-order valence-corrected chi connectivity index (χ3v) is 3.30. The maximum absolute atomic E-state index is 10.4. The minimum Gasteiger partial charge on any atom is -0.296 e. The number of carbonyl (C=O) groups is 1. The van der Waals surface area contributed by atoms with Gasteiger partial charge in [0.1, 0.15) is 5.69 Å². The van der Waals surface area contributed by atoms with Crippen molar-refractivity contribution in [3.63, 3.8) is 0 Å². The molecule has 72 valence electrons. The number of aromatic nitrogens is 3. The summed E-state index contributed by atoms with van der Waals surface area (Å²) in [6.45, 7) is 0.650. The number of aldehydes is 1. The average molecular weight is 272 g/mol. The lowest BCUT2D eigenvalue weighted by Crippen LogP contribution is -1.98. The van der Waals surface area contributed by atoms with Gasteiger partial charge in [-0.2, -0.15) is 0 Å². The van der Waals surface area contributed by atoms with Crippen LogP contribution in [-0.4, -0.2) is 21.3 Å². The summed E-state index contributed by atoms with van der Waals surface area (Å²) in [5.41, 5.74) is 0.362. The van der Waals surface area contributed by atoms with Crippen LogP contribution >= 0.6 is 27.3 Å². The molecule has 2 aromatic rings. The number of rotatable bonds is 3. The van der Waals surface area contributed by atoms with Crippen LogP contribution in [0.2, 0.25) is 0 Å². The fourth-order valence-corrected chi connectivity index (χ4v) is 2.48. The van der Waals surface area contributed by atoms with Gasteiger partial charge in [-0.15, -0.1) is 16.4 Å². The number of carbonyl (C=O) groups excluding carboxylic acids is 1. The van der Waals surface area contributed by atoms with Crippen LogP contribution in [0.4, 0.5) is 0 Å². The van der Waals surface area contributed by atoms with Gasteiger partial charge in [-0.1, -0.05) is 5.21 Å². The molecular formula is C8H6BrN3OS. The molecule has 0 amide bonds. The molecule has 0 atom stereocenters. The van der Waals surface area contributed by atoms with Crippen LogP contribution in [0.15, 0.2) is 22.1 Å². The van der Waals surface area contributed by atoms with Gasteiger partial charge in [0.25, 0.3) is 0 Å². The normalized spacial score (nSPS) is 10.4. The molecule has 4 nitrogen and oxygen atoms in total. The maximum atomic E-state index is 10.4. The zero-order valence-corrected chi connectivity index (χ0v) is 9.46. The van der Waals surface area contributed by atoms with Crippen molar-refractivity contribution < 1.29 is 4.79 Å². The summed E-state index contributed by atoms with van der Waals surface area (Å²) in [5.74, 6) is 0. The van der Waals surface area contributed by atoms with Crippen LogP contribution in [0.3, 0.4) is 0 Å². The van der Waals surface area contributed by atoms with Crippen LogP contribution in [0, 0.1) is 0 Å². The van der Waals surface area contributed by atoms with Crippen molar-refractivity contribution in [2.45, 2.75) is 6.54 Å². The first kappa shape index (κ1) is 9.54. The summed E-state index contributed by atoms with van der Waals surface area (Å²) in [4.78, 5) is 11.5. The summed E-state index contributed by atoms with van der Waals surface area (Å²) < 4.78 is 2.70. The molecule has 0 aliphatic carbocycles. The minimum atomic E-state index is 0.362. The predicted molar refractivity (Wildman–Crippen MR) is 56.5 cm³/mol. The van der Waals surface area contributed by atoms with E-state index in [9.17, 15) is 4.79 Å². The fourth-order valence-electron chi connectivity index (χ4n) is 1.04. The molecule has 0 bridgehead atoms. The zero-order chi connectivity index (χ0) is 9.97. The van der Waals surface area contributed by atoms with E-state index in [0.717, 1.165) is 4.47 Å². The molecule has 0 saturated carbocycles. The van der Waals surface area contributed by atoms with Crippen molar-refractivity contribution >= 4 is 33.6 Å². The van der Waals surface area contributed by atoms with Crippen molar-refractivity contribution in [1.29, 1.82) is 0 Å². The van der Waals surface area contributed by atoms with Crippen LogP contribution in [-0.2, 0) is 6.54 Å². The van der Waals surface area contributed by atoms with E-state index in [-0.39, 0.29) is 0 Å². The summed E-state index contributed by atoms with van der Waals surface area (Å²) in [6, 6.07) is 2.02. The lowest BCUT2D eigenvalue weighted by molar-refractivity contribution is 0.111. The van der Waals surface area contributed by atoms with E-state index in [1.54, 1.807) is 22.2 Å². The number of hydrogen-bond acceptors (Lipinski definition) is 4. The molecular weight excluding hydrogens is 266 g/mol. The van der Waals surface area contributed by atoms with Crippen molar-refractivity contribution in [1.82, 2.24) is 15.0 Å². The highest BCUT2D eigenvalue weighted by atomic mass is 79.9. The predicted octanol–water partition coefficient (Wildman–Crippen LogP) is 1.96. The lowest BCUT2D eigenvalue weighted by atomic mass is 10.4. The third kappa shape index (κ3) is 2.08. The topological polar surface area (TPSA) is 47.8 Å². The van der Waals surface area contributed by atoms with Gasteiger partial charge < -0.3 is 0 Å². The van der Waals surface area contributed by atoms with Gasteiger partial charge in [0.05, 0.1) is 12.7 Å². The van der Waals surface area contributed by atoms with Gasteiger partial charge in [-0.05, 0) is 22.0 Å². The molecule has 0 aliphatic heterocycles. The molecule has 0 saturated heterocycles. The monoisotopic (exact) mass is 271 g/mol. The first-order valence-corrected chi connectivity index (χ1v) is 5.53. The van der Waals surface area contributed by atoms with Crippen LogP contribution < -0.4 is 0 Å². The second-order valence-corrected chi connectivity index (χ2v) is 4.60. The lowest BCUT2D eigenvalue weighted by Gasteiger charge is -1.94. The van der Waals surface area contributed by atoms with Gasteiger partial charge in [0.2, 0.25) is 0 Å². The number of hydrogen-bond donors (Lipinski definition) is 0. The average Bonchev–Trinajstić information content (AvgIpc) is 2.76. The number of halogens is 1. The Balaban J connectivity index is 2.14. The second kappa shape index (κ2) is 4.02. The highest BCUT2D eigenvalue weighted by molar-refractivity contribution is 9.10. The van der Waals surface area contributed by atoms with Crippen molar-refractivity contribution in [2.75, 3.05) is 0 Å². The Morgan fingerprint density at radius 1 is 1.64 bits per heavy atom. The highest BCUT2D eigenvalue weighted by Crippen LogP contribution is 2.20. The van der Waals surface area contributed by atoms with Gasteiger partial charge >= 0.3 is 0 Å². The number of thiophene rings is 1. The van der Waals surface area contributed by atoms with E-state index >= 15 is 0 Å². The highest BCUT2D eigenvalue weighted by Gasteiger charge is 2.02. The standard InChI is InChI=1S/C8H6BrN3OS/c9-6-1-8(14-5-6)3-12-2-7(4-13)10-11-12/h1-2,4-5H,3H2. The largest absolute Gasteiger partial charge is 0.296 e. The third-order valence-electron chi connectivity index (χ3n) is 1.62.